The molecule has 3 fully saturated rings. The maximum absolute atomic E-state index is 15.7. The fraction of sp³-hybridized carbons (Fsp3) is 0.387. The molecule has 370 valence electrons. The number of phenols is 3. The molecule has 0 saturated heterocycles. The first-order valence-electron chi connectivity index (χ1n) is 25.9. The molecule has 0 amide bonds. The van der Waals surface area contributed by atoms with Crippen LogP contribution in [0.3, 0.4) is 0 Å². The Morgan fingerprint density at radius 1 is 0.694 bits per heavy atom. The third kappa shape index (κ3) is 7.29. The summed E-state index contributed by atoms with van der Waals surface area (Å²) in [7, 11) is 3.10. The van der Waals surface area contributed by atoms with E-state index in [0.717, 1.165) is 81.0 Å². The highest BCUT2D eigenvalue weighted by Crippen LogP contribution is 2.72. The zero-order valence-electron chi connectivity index (χ0n) is 41.1. The van der Waals surface area contributed by atoms with Gasteiger partial charge in [-0.15, -0.1) is 0 Å². The lowest BCUT2D eigenvalue weighted by Crippen LogP contribution is -2.64. The summed E-state index contributed by atoms with van der Waals surface area (Å²) in [6, 6.07) is 35.7. The van der Waals surface area contributed by atoms with Crippen LogP contribution >= 0.6 is 0 Å². The Balaban J connectivity index is 1.05. The number of fused-ring (bicyclic) bond motifs is 6. The molecule has 10 heteroatoms. The summed E-state index contributed by atoms with van der Waals surface area (Å²) in [4.78, 5) is 29.4. The fourth-order valence-corrected chi connectivity index (χ4v) is 15.4. The van der Waals surface area contributed by atoms with E-state index in [9.17, 15) is 25.2 Å². The van der Waals surface area contributed by atoms with E-state index in [-0.39, 0.29) is 59.2 Å². The normalized spacial score (nSPS) is 27.6. The number of methoxy groups -OCH3 is 2. The second kappa shape index (κ2) is 17.8. The van der Waals surface area contributed by atoms with Crippen LogP contribution in [0, 0.1) is 23.2 Å². The minimum Gasteiger partial charge on any atom is -0.508 e. The first kappa shape index (κ1) is 46.3. The van der Waals surface area contributed by atoms with E-state index in [0.29, 0.717) is 50.0 Å². The Bertz CT molecular complexity index is 3170. The molecular weight excluding hydrogens is 905 g/mol. The van der Waals surface area contributed by atoms with Gasteiger partial charge in [0.05, 0.1) is 25.7 Å². The summed E-state index contributed by atoms with van der Waals surface area (Å²) in [5.41, 5.74) is 8.53. The molecule has 9 atom stereocenters. The third-order valence-corrected chi connectivity index (χ3v) is 18.2. The average Bonchev–Trinajstić information content (AvgIpc) is 3.89. The lowest BCUT2D eigenvalue weighted by Gasteiger charge is -2.66. The molecular formula is C62H62O10. The van der Waals surface area contributed by atoms with E-state index >= 15 is 4.79 Å². The van der Waals surface area contributed by atoms with Crippen molar-refractivity contribution >= 4 is 28.8 Å². The minimum atomic E-state index is -0.958. The fourth-order valence-electron chi connectivity index (χ4n) is 15.4. The molecule has 0 spiro atoms. The zero-order valence-corrected chi connectivity index (χ0v) is 41.1. The van der Waals surface area contributed by atoms with Crippen LogP contribution in [0.4, 0.5) is 0 Å². The van der Waals surface area contributed by atoms with Gasteiger partial charge in [-0.3, -0.25) is 9.59 Å². The summed E-state index contributed by atoms with van der Waals surface area (Å²) in [6.07, 6.45) is 6.63. The number of hydrogen-bond acceptors (Lipinski definition) is 10. The zero-order chi connectivity index (χ0) is 49.6. The highest BCUT2D eigenvalue weighted by atomic mass is 16.6. The van der Waals surface area contributed by atoms with E-state index in [1.807, 2.05) is 60.7 Å². The highest BCUT2D eigenvalue weighted by molar-refractivity contribution is 5.99. The van der Waals surface area contributed by atoms with Gasteiger partial charge >= 0.3 is 11.9 Å². The van der Waals surface area contributed by atoms with Crippen LogP contribution in [-0.4, -0.2) is 64.9 Å². The number of carbonyl (C=O) groups excluding carboxylic acids is 2. The van der Waals surface area contributed by atoms with Gasteiger partial charge in [-0.2, -0.15) is 0 Å². The van der Waals surface area contributed by atoms with Gasteiger partial charge in [0.1, 0.15) is 18.0 Å². The number of aryl methyl sites for hydroxylation is 1. The minimum absolute atomic E-state index is 0.0287. The topological polar surface area (TPSA) is 152 Å². The van der Waals surface area contributed by atoms with Crippen molar-refractivity contribution in [2.24, 2.45) is 23.2 Å². The monoisotopic (exact) mass is 966 g/mol. The molecule has 6 aliphatic carbocycles. The van der Waals surface area contributed by atoms with Gasteiger partial charge < -0.3 is 39.4 Å². The highest BCUT2D eigenvalue weighted by Gasteiger charge is 2.67. The number of aromatic hydroxyl groups is 3. The molecule has 6 aromatic rings. The number of ether oxygens (including phenoxy) is 4. The maximum Gasteiger partial charge on any atom is 0.316 e. The lowest BCUT2D eigenvalue weighted by molar-refractivity contribution is -0.180. The van der Waals surface area contributed by atoms with Crippen molar-refractivity contribution in [2.75, 3.05) is 14.2 Å². The second-order valence-corrected chi connectivity index (χ2v) is 21.6. The molecule has 0 aromatic heterocycles. The van der Waals surface area contributed by atoms with Crippen molar-refractivity contribution in [1.29, 1.82) is 0 Å². The summed E-state index contributed by atoms with van der Waals surface area (Å²) in [5.74, 6) is -1.31. The molecule has 6 aromatic carbocycles. The van der Waals surface area contributed by atoms with E-state index in [4.69, 9.17) is 18.9 Å². The molecule has 3 saturated carbocycles. The standard InChI is InChI=1S/C62H62O10/c1-34(63)71-56-30-44(72-60(68)61(19-9-10-20-61)41-17-16-38-22-43(64)28-46(45(38)27-41)36-12-5-4-6-13-36)29-49-47-32-58(70-3)54(66)25-39(47)23-50-53(65)33-51-48-31-55(67)57(69-2)26-40(48)24-52(56)62(51,59(49)50)42-18-15-35-11-7-8-14-37(35)21-42/h4-8,11-14,16-17,21-22,25-28,31-32,44,49-53,56,59,64-67H,9-10,15,18-20,23-24,29-30,33H2,1-3H3/t44-,49+,50+,51-,52+,53-,56+,59-,62+/m0/s1. The summed E-state index contributed by atoms with van der Waals surface area (Å²) in [6.45, 7) is 1.46. The number of benzene rings is 6. The Hall–Kier alpha value is -6.78. The van der Waals surface area contributed by atoms with E-state index < -0.39 is 35.1 Å². The molecule has 6 aliphatic rings. The van der Waals surface area contributed by atoms with Crippen LogP contribution < -0.4 is 9.47 Å². The third-order valence-electron chi connectivity index (χ3n) is 18.2. The Kier molecular flexibility index (Phi) is 11.4. The quantitative estimate of drug-likeness (QED) is 0.108. The van der Waals surface area contributed by atoms with Crippen molar-refractivity contribution in [2.45, 2.75) is 113 Å². The maximum atomic E-state index is 15.7. The predicted octanol–water partition coefficient (Wildman–Crippen LogP) is 11.4. The lowest BCUT2D eigenvalue weighted by atomic mass is 9.38. The first-order chi connectivity index (χ1) is 34.9. The smallest absolute Gasteiger partial charge is 0.316 e. The number of carbonyl (C=O) groups is 2. The molecule has 10 nitrogen and oxygen atoms in total. The number of aliphatic hydroxyl groups is 1. The summed E-state index contributed by atoms with van der Waals surface area (Å²) >= 11 is 0. The first-order valence-corrected chi connectivity index (χ1v) is 25.9. The van der Waals surface area contributed by atoms with Crippen molar-refractivity contribution in [3.8, 4) is 39.9 Å². The number of phenolic OH excluding ortho intramolecular Hbond substituents is 3. The van der Waals surface area contributed by atoms with Crippen molar-refractivity contribution in [1.82, 2.24) is 0 Å². The second-order valence-electron chi connectivity index (χ2n) is 21.6. The van der Waals surface area contributed by atoms with Crippen LogP contribution in [0.5, 0.6) is 28.7 Å². The molecule has 0 bridgehead atoms. The van der Waals surface area contributed by atoms with E-state index in [1.165, 1.54) is 18.1 Å². The van der Waals surface area contributed by atoms with Crippen LogP contribution in [-0.2, 0) is 43.7 Å². The number of allylic oxidation sites excluding steroid dienone is 1. The van der Waals surface area contributed by atoms with Crippen LogP contribution in [0.15, 0.2) is 115 Å². The van der Waals surface area contributed by atoms with Gasteiger partial charge in [-0.1, -0.05) is 91.2 Å². The molecule has 0 heterocycles. The van der Waals surface area contributed by atoms with Gasteiger partial charge in [-0.25, -0.2) is 0 Å². The van der Waals surface area contributed by atoms with Gasteiger partial charge in [0.2, 0.25) is 0 Å². The van der Waals surface area contributed by atoms with E-state index in [2.05, 4.69) is 36.4 Å². The van der Waals surface area contributed by atoms with Crippen molar-refractivity contribution in [3.05, 3.63) is 154 Å². The SMILES string of the molecule is COc1cc2c(cc1O)[C@@H]1C[C@H](O)[C@H]3Cc4cc(O)c(OC)cc4[C@H]4C[C@H](OC(=O)C5(c6ccc7cc(O)cc(-c8ccccc8)c7c6)CCCC5)C[C@@H](OC(C)=O)[C@@H](C2)[C@]1(C1=Cc2ccccc2CC1)[C@H]34. The van der Waals surface area contributed by atoms with E-state index in [1.54, 1.807) is 32.4 Å². The molecule has 0 aliphatic heterocycles. The Morgan fingerprint density at radius 2 is 1.43 bits per heavy atom. The number of esters is 2. The number of aliphatic hydroxyl groups excluding tert-OH is 1. The summed E-state index contributed by atoms with van der Waals surface area (Å²) in [5, 5.41) is 48.4. The van der Waals surface area contributed by atoms with Crippen molar-refractivity contribution < 1.29 is 49.0 Å². The van der Waals surface area contributed by atoms with Crippen LogP contribution in [0.25, 0.3) is 28.0 Å². The molecule has 4 N–H and O–H groups in total. The van der Waals surface area contributed by atoms with Gasteiger partial charge in [0, 0.05) is 24.7 Å². The molecule has 0 radical (unpaired) electrons. The van der Waals surface area contributed by atoms with Crippen molar-refractivity contribution in [3.63, 3.8) is 0 Å². The Morgan fingerprint density at radius 3 is 2.21 bits per heavy atom. The molecule has 72 heavy (non-hydrogen) atoms. The van der Waals surface area contributed by atoms with Crippen LogP contribution in [0.2, 0.25) is 0 Å². The van der Waals surface area contributed by atoms with Crippen LogP contribution in [0.1, 0.15) is 109 Å². The largest absolute Gasteiger partial charge is 0.508 e. The van der Waals surface area contributed by atoms with Gasteiger partial charge in [-0.05, 0) is 178 Å². The molecule has 12 rings (SSSR count). The predicted molar refractivity (Wildman–Crippen MR) is 274 cm³/mol. The van der Waals surface area contributed by atoms with Gasteiger partial charge in [0.15, 0.2) is 23.0 Å². The average molecular weight is 967 g/mol. The Labute approximate surface area is 420 Å². The molecule has 0 unspecified atom stereocenters. The number of hydrogen-bond donors (Lipinski definition) is 4. The summed E-state index contributed by atoms with van der Waals surface area (Å²) < 4.78 is 25.4. The van der Waals surface area contributed by atoms with Gasteiger partial charge in [0.25, 0.3) is 0 Å². The number of rotatable bonds is 8.